The number of ether oxygens (including phenoxy) is 1. The van der Waals surface area contributed by atoms with Crippen LogP contribution in [-0.2, 0) is 9.53 Å². The van der Waals surface area contributed by atoms with Gasteiger partial charge in [-0.2, -0.15) is 0 Å². The van der Waals surface area contributed by atoms with E-state index in [2.05, 4.69) is 4.90 Å². The zero-order valence-corrected chi connectivity index (χ0v) is 9.02. The molecule has 86 valence electrons. The molecule has 0 aromatic rings. The first kappa shape index (κ1) is 10.9. The quantitative estimate of drug-likeness (QED) is 0.746. The topological polar surface area (TPSA) is 49.8 Å². The van der Waals surface area contributed by atoms with Crippen LogP contribution in [0.25, 0.3) is 0 Å². The summed E-state index contributed by atoms with van der Waals surface area (Å²) in [5.41, 5.74) is 0. The van der Waals surface area contributed by atoms with Crippen molar-refractivity contribution < 1.29 is 14.6 Å². The van der Waals surface area contributed by atoms with Gasteiger partial charge >= 0.3 is 5.97 Å². The molecule has 2 rings (SSSR count). The van der Waals surface area contributed by atoms with Crippen molar-refractivity contribution in [2.45, 2.75) is 44.2 Å². The molecule has 0 bridgehead atoms. The Morgan fingerprint density at radius 1 is 1.20 bits per heavy atom. The smallest absolute Gasteiger partial charge is 0.320 e. The number of hydrogen-bond donors (Lipinski definition) is 1. The zero-order valence-electron chi connectivity index (χ0n) is 9.02. The minimum atomic E-state index is -0.652. The molecule has 0 aromatic carbocycles. The van der Waals surface area contributed by atoms with Crippen LogP contribution < -0.4 is 0 Å². The predicted molar refractivity (Wildman–Crippen MR) is 55.8 cm³/mol. The molecule has 4 heteroatoms. The fourth-order valence-corrected chi connectivity index (χ4v) is 2.67. The van der Waals surface area contributed by atoms with E-state index in [1.807, 2.05) is 0 Å². The van der Waals surface area contributed by atoms with Crippen molar-refractivity contribution >= 4 is 5.97 Å². The summed E-state index contributed by atoms with van der Waals surface area (Å²) in [6, 6.07) is 0.182. The van der Waals surface area contributed by atoms with Gasteiger partial charge < -0.3 is 9.84 Å². The van der Waals surface area contributed by atoms with Crippen molar-refractivity contribution in [3.63, 3.8) is 0 Å². The van der Waals surface area contributed by atoms with Crippen LogP contribution in [0.15, 0.2) is 0 Å². The van der Waals surface area contributed by atoms with Crippen molar-refractivity contribution in [1.82, 2.24) is 4.90 Å². The van der Waals surface area contributed by atoms with Crippen LogP contribution in [0.5, 0.6) is 0 Å². The molecule has 2 aliphatic heterocycles. The monoisotopic (exact) mass is 213 g/mol. The first-order valence-electron chi connectivity index (χ1n) is 5.85. The molecule has 0 amide bonds. The van der Waals surface area contributed by atoms with Crippen LogP contribution in [0.4, 0.5) is 0 Å². The van der Waals surface area contributed by atoms with Crippen LogP contribution in [0.3, 0.4) is 0 Å². The Hall–Kier alpha value is -0.610. The molecule has 1 unspecified atom stereocenters. The lowest BCUT2D eigenvalue weighted by Crippen LogP contribution is -2.51. The maximum absolute atomic E-state index is 11.1. The van der Waals surface area contributed by atoms with Crippen LogP contribution in [0.2, 0.25) is 0 Å². The summed E-state index contributed by atoms with van der Waals surface area (Å²) in [6.07, 6.45) is 4.98. The molecule has 0 aliphatic carbocycles. The maximum atomic E-state index is 11.1. The fraction of sp³-hybridized carbons (Fsp3) is 0.909. The summed E-state index contributed by atoms with van der Waals surface area (Å²) in [5.74, 6) is -0.652. The number of hydrogen-bond acceptors (Lipinski definition) is 3. The van der Waals surface area contributed by atoms with Crippen LogP contribution >= 0.6 is 0 Å². The highest BCUT2D eigenvalue weighted by Gasteiger charge is 2.33. The minimum Gasteiger partial charge on any atom is -0.480 e. The maximum Gasteiger partial charge on any atom is 0.320 e. The summed E-state index contributed by atoms with van der Waals surface area (Å²) >= 11 is 0. The Balaban J connectivity index is 1.99. The molecule has 0 radical (unpaired) electrons. The second-order valence-corrected chi connectivity index (χ2v) is 4.43. The molecule has 2 aliphatic rings. The third-order valence-electron chi connectivity index (χ3n) is 3.49. The molecule has 4 nitrogen and oxygen atoms in total. The van der Waals surface area contributed by atoms with Gasteiger partial charge in [-0.3, -0.25) is 9.69 Å². The first-order valence-corrected chi connectivity index (χ1v) is 5.85. The highest BCUT2D eigenvalue weighted by molar-refractivity contribution is 5.73. The van der Waals surface area contributed by atoms with E-state index in [0.29, 0.717) is 6.04 Å². The summed E-state index contributed by atoms with van der Waals surface area (Å²) < 4.78 is 5.31. The first-order chi connectivity index (χ1) is 7.29. The zero-order chi connectivity index (χ0) is 10.7. The summed E-state index contributed by atoms with van der Waals surface area (Å²) in [7, 11) is 0. The van der Waals surface area contributed by atoms with Crippen LogP contribution in [0.1, 0.15) is 32.1 Å². The van der Waals surface area contributed by atoms with Gasteiger partial charge in [0, 0.05) is 19.3 Å². The van der Waals surface area contributed by atoms with Crippen molar-refractivity contribution in [1.29, 1.82) is 0 Å². The lowest BCUT2D eigenvalue weighted by molar-refractivity contribution is -0.146. The van der Waals surface area contributed by atoms with Gasteiger partial charge in [-0.25, -0.2) is 0 Å². The highest BCUT2D eigenvalue weighted by Crippen LogP contribution is 2.24. The summed E-state index contributed by atoms with van der Waals surface area (Å²) in [4.78, 5) is 13.3. The van der Waals surface area contributed by atoms with Gasteiger partial charge in [-0.1, -0.05) is 6.42 Å². The van der Waals surface area contributed by atoms with Gasteiger partial charge in [-0.05, 0) is 32.2 Å². The Morgan fingerprint density at radius 3 is 2.60 bits per heavy atom. The normalized spacial score (nSPS) is 30.3. The van der Waals surface area contributed by atoms with Gasteiger partial charge in [-0.15, -0.1) is 0 Å². The van der Waals surface area contributed by atoms with Crippen molar-refractivity contribution in [2.75, 3.05) is 19.8 Å². The van der Waals surface area contributed by atoms with Crippen molar-refractivity contribution in [3.8, 4) is 0 Å². The Morgan fingerprint density at radius 2 is 1.93 bits per heavy atom. The second kappa shape index (κ2) is 4.94. The summed E-state index contributed by atoms with van der Waals surface area (Å²) in [5, 5.41) is 9.17. The number of likely N-dealkylation sites (tertiary alicyclic amines) is 1. The average Bonchev–Trinajstić information content (AvgIpc) is 2.30. The van der Waals surface area contributed by atoms with E-state index in [-0.39, 0.29) is 6.04 Å². The third kappa shape index (κ3) is 2.49. The number of rotatable bonds is 2. The molecule has 2 heterocycles. The van der Waals surface area contributed by atoms with Crippen molar-refractivity contribution in [2.24, 2.45) is 0 Å². The number of carboxylic acids is 1. The van der Waals surface area contributed by atoms with Gasteiger partial charge in [0.1, 0.15) is 6.04 Å². The SMILES string of the molecule is O=C(O)C1CCCCN1C1CCOCC1. The van der Waals surface area contributed by atoms with Gasteiger partial charge in [0.2, 0.25) is 0 Å². The van der Waals surface area contributed by atoms with Crippen LogP contribution in [-0.4, -0.2) is 47.8 Å². The predicted octanol–water partition coefficient (Wildman–Crippen LogP) is 1.10. The van der Waals surface area contributed by atoms with E-state index >= 15 is 0 Å². The van der Waals surface area contributed by atoms with E-state index in [0.717, 1.165) is 51.9 Å². The van der Waals surface area contributed by atoms with Gasteiger partial charge in [0.25, 0.3) is 0 Å². The third-order valence-corrected chi connectivity index (χ3v) is 3.49. The number of nitrogens with zero attached hydrogens (tertiary/aromatic N) is 1. The van der Waals surface area contributed by atoms with E-state index in [1.54, 1.807) is 0 Å². The lowest BCUT2D eigenvalue weighted by Gasteiger charge is -2.40. The van der Waals surface area contributed by atoms with Gasteiger partial charge in [0.05, 0.1) is 0 Å². The fourth-order valence-electron chi connectivity index (χ4n) is 2.67. The molecule has 1 N–H and O–H groups in total. The van der Waals surface area contributed by atoms with E-state index in [9.17, 15) is 4.79 Å². The van der Waals surface area contributed by atoms with E-state index < -0.39 is 5.97 Å². The number of carboxylic acid groups (broad SMARTS) is 1. The standard InChI is InChI=1S/C11H19NO3/c13-11(14)10-3-1-2-6-12(10)9-4-7-15-8-5-9/h9-10H,1-8H2,(H,13,14). The molecular formula is C11H19NO3. The molecule has 0 saturated carbocycles. The Bertz CT molecular complexity index is 226. The van der Waals surface area contributed by atoms with Crippen molar-refractivity contribution in [3.05, 3.63) is 0 Å². The summed E-state index contributed by atoms with van der Waals surface area (Å²) in [6.45, 7) is 2.52. The van der Waals surface area contributed by atoms with Gasteiger partial charge in [0.15, 0.2) is 0 Å². The van der Waals surface area contributed by atoms with Crippen LogP contribution in [0, 0.1) is 0 Å². The molecule has 2 fully saturated rings. The van der Waals surface area contributed by atoms with E-state index in [1.165, 1.54) is 0 Å². The van der Waals surface area contributed by atoms with E-state index in [4.69, 9.17) is 9.84 Å². The Kier molecular flexibility index (Phi) is 3.59. The minimum absolute atomic E-state index is 0.248. The average molecular weight is 213 g/mol. The molecule has 2 saturated heterocycles. The Labute approximate surface area is 90.2 Å². The molecule has 0 aromatic heterocycles. The molecular weight excluding hydrogens is 194 g/mol. The highest BCUT2D eigenvalue weighted by atomic mass is 16.5. The lowest BCUT2D eigenvalue weighted by atomic mass is 9.96. The molecule has 0 spiro atoms. The molecule has 1 atom stereocenters. The number of piperidine rings is 1. The largest absolute Gasteiger partial charge is 0.480 e. The number of aliphatic carboxylic acids is 1. The second-order valence-electron chi connectivity index (χ2n) is 4.43. The number of carbonyl (C=O) groups is 1. The molecule has 15 heavy (non-hydrogen) atoms.